The Labute approximate surface area is 120 Å². The third-order valence-corrected chi connectivity index (χ3v) is 3.75. The fourth-order valence-corrected chi connectivity index (χ4v) is 2.88. The Morgan fingerprint density at radius 2 is 1.15 bits per heavy atom. The lowest BCUT2D eigenvalue weighted by atomic mass is 9.92. The lowest BCUT2D eigenvalue weighted by Gasteiger charge is -2.11. The number of rotatable bonds is 0. The maximum Gasteiger partial charge on any atom is -0.00241 e. The highest BCUT2D eigenvalue weighted by Crippen LogP contribution is 2.35. The minimum atomic E-state index is 1.25. The highest BCUT2D eigenvalue weighted by molar-refractivity contribution is 6.23. The second kappa shape index (κ2) is 5.13. The Hall–Kier alpha value is -2.08. The molecule has 20 heavy (non-hydrogen) atoms. The Morgan fingerprint density at radius 3 is 1.80 bits per heavy atom. The van der Waals surface area contributed by atoms with E-state index in [-0.39, 0.29) is 0 Å². The molecule has 0 saturated heterocycles. The van der Waals surface area contributed by atoms with Crippen molar-refractivity contribution in [3.05, 3.63) is 60.2 Å². The van der Waals surface area contributed by atoms with Gasteiger partial charge in [0.2, 0.25) is 0 Å². The highest BCUT2D eigenvalue weighted by Gasteiger charge is 2.08. The van der Waals surface area contributed by atoms with Crippen LogP contribution in [0.25, 0.3) is 32.3 Å². The first-order chi connectivity index (χ1) is 9.76. The topological polar surface area (TPSA) is 0 Å². The molecule has 0 saturated carbocycles. The van der Waals surface area contributed by atoms with Gasteiger partial charge in [-0.15, -0.1) is 0 Å². The van der Waals surface area contributed by atoms with Crippen molar-refractivity contribution >= 4 is 32.3 Å². The molecule has 0 N–H and O–H groups in total. The van der Waals surface area contributed by atoms with Crippen molar-refractivity contribution in [3.63, 3.8) is 0 Å². The van der Waals surface area contributed by atoms with Crippen molar-refractivity contribution in [1.82, 2.24) is 0 Å². The molecular formula is C20H20. The second-order valence-corrected chi connectivity index (χ2v) is 5.45. The van der Waals surface area contributed by atoms with Gasteiger partial charge in [0.05, 0.1) is 0 Å². The zero-order chi connectivity index (χ0) is 14.1. The van der Waals surface area contributed by atoms with Crippen molar-refractivity contribution in [2.75, 3.05) is 0 Å². The fraction of sp³-hybridized carbons (Fsp3) is 0.200. The molecule has 4 aromatic carbocycles. The van der Waals surface area contributed by atoms with Crippen LogP contribution in [0.15, 0.2) is 54.6 Å². The van der Waals surface area contributed by atoms with Crippen LogP contribution in [0.3, 0.4) is 0 Å². The standard InChI is InChI=1S/C17H12.C3H8/c1-11-5-6-14-8-7-12-3-2-4-13-9-10-15(11)17(14)16(12)13;1-3-2/h2-10H,1H3;3H2,1-2H3. The first-order valence-corrected chi connectivity index (χ1v) is 7.39. The van der Waals surface area contributed by atoms with E-state index < -0.39 is 0 Å². The molecule has 4 rings (SSSR count). The Bertz CT molecular complexity index is 840. The van der Waals surface area contributed by atoms with E-state index in [1.807, 2.05) is 0 Å². The van der Waals surface area contributed by atoms with Gasteiger partial charge in [0.25, 0.3) is 0 Å². The van der Waals surface area contributed by atoms with Crippen LogP contribution in [0.4, 0.5) is 0 Å². The summed E-state index contributed by atoms with van der Waals surface area (Å²) < 4.78 is 0. The summed E-state index contributed by atoms with van der Waals surface area (Å²) in [7, 11) is 0. The molecule has 0 radical (unpaired) electrons. The van der Waals surface area contributed by atoms with Crippen LogP contribution in [0.5, 0.6) is 0 Å². The third-order valence-electron chi connectivity index (χ3n) is 3.75. The van der Waals surface area contributed by atoms with Crippen LogP contribution in [-0.2, 0) is 0 Å². The SMILES string of the molecule is CCC.Cc1ccc2ccc3cccc4ccc1c2c34. The lowest BCUT2D eigenvalue weighted by molar-refractivity contribution is 1.09. The van der Waals surface area contributed by atoms with E-state index in [2.05, 4.69) is 75.4 Å². The van der Waals surface area contributed by atoms with Crippen molar-refractivity contribution in [1.29, 1.82) is 0 Å². The van der Waals surface area contributed by atoms with Crippen LogP contribution in [-0.4, -0.2) is 0 Å². The van der Waals surface area contributed by atoms with Crippen LogP contribution >= 0.6 is 0 Å². The molecule has 100 valence electrons. The predicted octanol–water partition coefficient (Wildman–Crippen LogP) is 6.31. The summed E-state index contributed by atoms with van der Waals surface area (Å²) in [4.78, 5) is 0. The second-order valence-electron chi connectivity index (χ2n) is 5.45. The van der Waals surface area contributed by atoms with Gasteiger partial charge in [-0.3, -0.25) is 0 Å². The Morgan fingerprint density at radius 1 is 0.650 bits per heavy atom. The first-order valence-electron chi connectivity index (χ1n) is 7.39. The van der Waals surface area contributed by atoms with Crippen LogP contribution < -0.4 is 0 Å². The van der Waals surface area contributed by atoms with Crippen LogP contribution in [0.1, 0.15) is 25.8 Å². The zero-order valence-corrected chi connectivity index (χ0v) is 12.4. The van der Waals surface area contributed by atoms with Crippen LogP contribution in [0, 0.1) is 6.92 Å². The van der Waals surface area contributed by atoms with E-state index in [1.54, 1.807) is 0 Å². The van der Waals surface area contributed by atoms with Gasteiger partial charge in [0.1, 0.15) is 0 Å². The maximum atomic E-state index is 2.25. The van der Waals surface area contributed by atoms with E-state index in [4.69, 9.17) is 0 Å². The molecule has 0 amide bonds. The molecule has 0 aliphatic rings. The molecule has 0 atom stereocenters. The Balaban J connectivity index is 0.000000373. The summed E-state index contributed by atoms with van der Waals surface area (Å²) in [5.41, 5.74) is 1.36. The van der Waals surface area contributed by atoms with E-state index >= 15 is 0 Å². The Kier molecular flexibility index (Phi) is 3.31. The van der Waals surface area contributed by atoms with Gasteiger partial charge in [-0.1, -0.05) is 74.9 Å². The molecule has 0 unspecified atom stereocenters. The quantitative estimate of drug-likeness (QED) is 0.325. The summed E-state index contributed by atoms with van der Waals surface area (Å²) >= 11 is 0. The summed E-state index contributed by atoms with van der Waals surface area (Å²) in [5.74, 6) is 0. The van der Waals surface area contributed by atoms with Crippen molar-refractivity contribution in [2.45, 2.75) is 27.2 Å². The van der Waals surface area contributed by atoms with Crippen LogP contribution in [0.2, 0.25) is 0 Å². The molecule has 0 bridgehead atoms. The van der Waals surface area contributed by atoms with Crippen molar-refractivity contribution in [3.8, 4) is 0 Å². The van der Waals surface area contributed by atoms with Gasteiger partial charge in [-0.2, -0.15) is 0 Å². The van der Waals surface area contributed by atoms with E-state index in [0.29, 0.717) is 0 Å². The smallest absolute Gasteiger partial charge is 0.00241 e. The highest BCUT2D eigenvalue weighted by atomic mass is 14.1. The minimum Gasteiger partial charge on any atom is -0.0656 e. The first kappa shape index (κ1) is 12.9. The molecule has 0 fully saturated rings. The molecule has 4 aromatic rings. The number of hydrogen-bond acceptors (Lipinski definition) is 0. The summed E-state index contributed by atoms with van der Waals surface area (Å²) in [5, 5.41) is 8.23. The van der Waals surface area contributed by atoms with E-state index in [1.165, 1.54) is 44.3 Å². The lowest BCUT2D eigenvalue weighted by Crippen LogP contribution is -1.85. The van der Waals surface area contributed by atoms with Gasteiger partial charge in [-0.25, -0.2) is 0 Å². The summed E-state index contributed by atoms with van der Waals surface area (Å²) in [6.45, 7) is 6.44. The molecule has 0 aliphatic heterocycles. The zero-order valence-electron chi connectivity index (χ0n) is 12.4. The maximum absolute atomic E-state index is 2.25. The number of hydrogen-bond donors (Lipinski definition) is 0. The normalized spacial score (nSPS) is 10.9. The predicted molar refractivity (Wildman–Crippen MR) is 90.8 cm³/mol. The van der Waals surface area contributed by atoms with E-state index in [9.17, 15) is 0 Å². The average Bonchev–Trinajstić information content (AvgIpc) is 2.47. The molecule has 0 heteroatoms. The van der Waals surface area contributed by atoms with Gasteiger partial charge in [0, 0.05) is 0 Å². The molecule has 0 aliphatic carbocycles. The minimum absolute atomic E-state index is 1.25. The molecular weight excluding hydrogens is 240 g/mol. The fourth-order valence-electron chi connectivity index (χ4n) is 2.88. The molecule has 0 spiro atoms. The monoisotopic (exact) mass is 260 g/mol. The van der Waals surface area contributed by atoms with Gasteiger partial charge in [-0.05, 0) is 44.8 Å². The molecule has 0 heterocycles. The third kappa shape index (κ3) is 1.92. The number of aryl methyl sites for hydroxylation is 1. The number of benzene rings is 4. The average molecular weight is 260 g/mol. The van der Waals surface area contributed by atoms with Crippen molar-refractivity contribution in [2.24, 2.45) is 0 Å². The van der Waals surface area contributed by atoms with Gasteiger partial charge in [0.15, 0.2) is 0 Å². The largest absolute Gasteiger partial charge is 0.0656 e. The molecule has 0 nitrogen and oxygen atoms in total. The van der Waals surface area contributed by atoms with Gasteiger partial charge >= 0.3 is 0 Å². The van der Waals surface area contributed by atoms with Gasteiger partial charge < -0.3 is 0 Å². The van der Waals surface area contributed by atoms with E-state index in [0.717, 1.165) is 0 Å². The molecule has 0 aromatic heterocycles. The summed E-state index contributed by atoms with van der Waals surface area (Å²) in [6.07, 6.45) is 1.25. The summed E-state index contributed by atoms with van der Waals surface area (Å²) in [6, 6.07) is 19.9. The van der Waals surface area contributed by atoms with Crippen molar-refractivity contribution < 1.29 is 0 Å².